The van der Waals surface area contributed by atoms with Gasteiger partial charge in [-0.05, 0) is 30.8 Å². The molecule has 0 saturated heterocycles. The molecular weight excluding hydrogens is 236 g/mol. The molecule has 0 radical (unpaired) electrons. The van der Waals surface area contributed by atoms with E-state index in [-0.39, 0.29) is 0 Å². The summed E-state index contributed by atoms with van der Waals surface area (Å²) in [7, 11) is 1.89. The van der Waals surface area contributed by atoms with Crippen molar-refractivity contribution in [2.24, 2.45) is 0 Å². The molecule has 0 bridgehead atoms. The molecule has 0 aliphatic heterocycles. The van der Waals surface area contributed by atoms with Crippen molar-refractivity contribution in [1.29, 1.82) is 0 Å². The molecule has 4 nitrogen and oxygen atoms in total. The third-order valence-corrected chi connectivity index (χ3v) is 2.31. The molecule has 1 aromatic carbocycles. The maximum atomic E-state index is 5.94. The van der Waals surface area contributed by atoms with Crippen LogP contribution < -0.4 is 5.32 Å². The van der Waals surface area contributed by atoms with Crippen LogP contribution in [0.3, 0.4) is 0 Å². The van der Waals surface area contributed by atoms with E-state index in [2.05, 4.69) is 15.4 Å². The standard InChI is InChI=1S/C10H11ClN4.C2H6/c1-12-5-8-4-9(11)2-3-10(8)15-7-13-6-14-15;1-2/h2-4,6-7,12H,5H2,1H3;1-2H3. The lowest BCUT2D eigenvalue weighted by molar-refractivity contribution is 0.788. The van der Waals surface area contributed by atoms with Gasteiger partial charge in [0.15, 0.2) is 0 Å². The van der Waals surface area contributed by atoms with Crippen LogP contribution in [0.2, 0.25) is 5.02 Å². The first-order valence-electron chi connectivity index (χ1n) is 5.59. The number of benzene rings is 1. The molecule has 0 saturated carbocycles. The van der Waals surface area contributed by atoms with Crippen molar-refractivity contribution < 1.29 is 0 Å². The summed E-state index contributed by atoms with van der Waals surface area (Å²) >= 11 is 5.94. The van der Waals surface area contributed by atoms with E-state index in [9.17, 15) is 0 Å². The zero-order chi connectivity index (χ0) is 12.7. The molecule has 0 atom stereocenters. The van der Waals surface area contributed by atoms with Crippen LogP contribution in [0.5, 0.6) is 0 Å². The summed E-state index contributed by atoms with van der Waals surface area (Å²) in [6.07, 6.45) is 3.18. The highest BCUT2D eigenvalue weighted by Gasteiger charge is 2.05. The number of aromatic nitrogens is 3. The van der Waals surface area contributed by atoms with Gasteiger partial charge in [-0.1, -0.05) is 25.4 Å². The van der Waals surface area contributed by atoms with Gasteiger partial charge in [0.1, 0.15) is 12.7 Å². The number of hydrogen-bond acceptors (Lipinski definition) is 3. The summed E-state index contributed by atoms with van der Waals surface area (Å²) in [6.45, 7) is 4.75. The Bertz CT molecular complexity index is 440. The van der Waals surface area contributed by atoms with E-state index >= 15 is 0 Å². The van der Waals surface area contributed by atoms with E-state index in [0.29, 0.717) is 0 Å². The molecule has 0 amide bonds. The number of nitrogens with zero attached hydrogens (tertiary/aromatic N) is 3. The molecule has 2 rings (SSSR count). The van der Waals surface area contributed by atoms with Gasteiger partial charge in [0.05, 0.1) is 5.69 Å². The van der Waals surface area contributed by atoms with Crippen molar-refractivity contribution in [3.63, 3.8) is 0 Å². The van der Waals surface area contributed by atoms with Crippen molar-refractivity contribution >= 4 is 11.6 Å². The van der Waals surface area contributed by atoms with Crippen LogP contribution in [-0.2, 0) is 6.54 Å². The average molecular weight is 253 g/mol. The molecule has 2 aromatic rings. The van der Waals surface area contributed by atoms with Crippen LogP contribution in [0.1, 0.15) is 19.4 Å². The Morgan fingerprint density at radius 1 is 1.35 bits per heavy atom. The highest BCUT2D eigenvalue weighted by Crippen LogP contribution is 2.18. The Labute approximate surface area is 107 Å². The zero-order valence-electron chi connectivity index (χ0n) is 10.3. The lowest BCUT2D eigenvalue weighted by Crippen LogP contribution is -2.09. The van der Waals surface area contributed by atoms with Gasteiger partial charge >= 0.3 is 0 Å². The third-order valence-electron chi connectivity index (χ3n) is 2.07. The van der Waals surface area contributed by atoms with Crippen molar-refractivity contribution in [2.75, 3.05) is 7.05 Å². The molecule has 92 valence electrons. The minimum absolute atomic E-state index is 0.726. The van der Waals surface area contributed by atoms with Crippen molar-refractivity contribution in [2.45, 2.75) is 20.4 Å². The van der Waals surface area contributed by atoms with E-state index in [1.165, 1.54) is 6.33 Å². The molecule has 0 unspecified atom stereocenters. The van der Waals surface area contributed by atoms with Crippen molar-refractivity contribution in [3.05, 3.63) is 41.4 Å². The van der Waals surface area contributed by atoms with Gasteiger partial charge in [0, 0.05) is 11.6 Å². The van der Waals surface area contributed by atoms with Gasteiger partial charge in [0.2, 0.25) is 0 Å². The van der Waals surface area contributed by atoms with Crippen LogP contribution in [-0.4, -0.2) is 21.8 Å². The minimum atomic E-state index is 0.726. The smallest absolute Gasteiger partial charge is 0.138 e. The van der Waals surface area contributed by atoms with Gasteiger partial charge < -0.3 is 5.32 Å². The summed E-state index contributed by atoms with van der Waals surface area (Å²) in [5, 5.41) is 7.91. The van der Waals surface area contributed by atoms with Crippen molar-refractivity contribution in [3.8, 4) is 5.69 Å². The van der Waals surface area contributed by atoms with Gasteiger partial charge in [-0.3, -0.25) is 0 Å². The Kier molecular flexibility index (Phi) is 5.66. The Hall–Kier alpha value is -1.39. The van der Waals surface area contributed by atoms with Crippen LogP contribution in [0.4, 0.5) is 0 Å². The second kappa shape index (κ2) is 7.04. The molecule has 0 aliphatic carbocycles. The zero-order valence-corrected chi connectivity index (χ0v) is 11.1. The largest absolute Gasteiger partial charge is 0.316 e. The predicted octanol–water partition coefficient (Wildman–Crippen LogP) is 2.67. The van der Waals surface area contributed by atoms with Gasteiger partial charge in [-0.25, -0.2) is 9.67 Å². The fraction of sp³-hybridized carbons (Fsp3) is 0.333. The fourth-order valence-corrected chi connectivity index (χ4v) is 1.64. The topological polar surface area (TPSA) is 42.7 Å². The molecular formula is C12H17ClN4. The molecule has 0 spiro atoms. The molecule has 17 heavy (non-hydrogen) atoms. The summed E-state index contributed by atoms with van der Waals surface area (Å²) in [6, 6.07) is 5.70. The number of hydrogen-bond donors (Lipinski definition) is 1. The maximum Gasteiger partial charge on any atom is 0.138 e. The summed E-state index contributed by atoms with van der Waals surface area (Å²) < 4.78 is 1.73. The van der Waals surface area contributed by atoms with Crippen LogP contribution in [0, 0.1) is 0 Å². The molecule has 5 heteroatoms. The van der Waals surface area contributed by atoms with Crippen LogP contribution in [0.15, 0.2) is 30.9 Å². The van der Waals surface area contributed by atoms with E-state index < -0.39 is 0 Å². The van der Waals surface area contributed by atoms with Crippen LogP contribution in [0.25, 0.3) is 5.69 Å². The molecule has 0 fully saturated rings. The van der Waals surface area contributed by atoms with E-state index in [4.69, 9.17) is 11.6 Å². The number of halogens is 1. The molecule has 1 heterocycles. The quantitative estimate of drug-likeness (QED) is 0.913. The van der Waals surface area contributed by atoms with Crippen LogP contribution >= 0.6 is 11.6 Å². The SMILES string of the molecule is CC.CNCc1cc(Cl)ccc1-n1cncn1. The maximum absolute atomic E-state index is 5.94. The number of rotatable bonds is 3. The first-order valence-corrected chi connectivity index (χ1v) is 5.97. The summed E-state index contributed by atoms with van der Waals surface area (Å²) in [5.74, 6) is 0. The highest BCUT2D eigenvalue weighted by molar-refractivity contribution is 6.30. The lowest BCUT2D eigenvalue weighted by atomic mass is 10.2. The molecule has 1 aromatic heterocycles. The Balaban J connectivity index is 0.000000686. The monoisotopic (exact) mass is 252 g/mol. The summed E-state index contributed by atoms with van der Waals surface area (Å²) in [5.41, 5.74) is 2.08. The van der Waals surface area contributed by atoms with Crippen molar-refractivity contribution in [1.82, 2.24) is 20.1 Å². The second-order valence-electron chi connectivity index (χ2n) is 3.14. The molecule has 0 aliphatic rings. The van der Waals surface area contributed by atoms with E-state index in [1.807, 2.05) is 39.1 Å². The Morgan fingerprint density at radius 3 is 2.71 bits per heavy atom. The third kappa shape index (κ3) is 3.54. The van der Waals surface area contributed by atoms with Gasteiger partial charge in [-0.2, -0.15) is 5.10 Å². The first-order chi connectivity index (χ1) is 8.31. The second-order valence-corrected chi connectivity index (χ2v) is 3.58. The van der Waals surface area contributed by atoms with Gasteiger partial charge in [-0.15, -0.1) is 0 Å². The normalized spacial score (nSPS) is 9.65. The Morgan fingerprint density at radius 2 is 2.12 bits per heavy atom. The lowest BCUT2D eigenvalue weighted by Gasteiger charge is -2.08. The minimum Gasteiger partial charge on any atom is -0.316 e. The van der Waals surface area contributed by atoms with Gasteiger partial charge in [0.25, 0.3) is 0 Å². The fourth-order valence-electron chi connectivity index (χ4n) is 1.44. The predicted molar refractivity (Wildman–Crippen MR) is 70.5 cm³/mol. The van der Waals surface area contributed by atoms with E-state index in [0.717, 1.165) is 22.8 Å². The first kappa shape index (κ1) is 13.7. The molecule has 1 N–H and O–H groups in total. The van der Waals surface area contributed by atoms with E-state index in [1.54, 1.807) is 11.0 Å². The summed E-state index contributed by atoms with van der Waals surface area (Å²) in [4.78, 5) is 3.92. The number of nitrogens with one attached hydrogen (secondary N) is 1. The average Bonchev–Trinajstić information content (AvgIpc) is 2.86. The highest BCUT2D eigenvalue weighted by atomic mass is 35.5.